The number of nitrogens with zero attached hydrogens (tertiary/aromatic N) is 1. The van der Waals surface area contributed by atoms with Gasteiger partial charge < -0.3 is 5.32 Å². The van der Waals surface area contributed by atoms with Crippen LogP contribution in [0.15, 0.2) is 0 Å². The zero-order valence-corrected chi connectivity index (χ0v) is 14.0. The predicted octanol–water partition coefficient (Wildman–Crippen LogP) is 2.62. The van der Waals surface area contributed by atoms with Crippen LogP contribution in [-0.4, -0.2) is 42.8 Å². The summed E-state index contributed by atoms with van der Waals surface area (Å²) in [6.07, 6.45) is 4.18. The van der Waals surface area contributed by atoms with Crippen molar-refractivity contribution in [2.45, 2.75) is 71.9 Å². The first kappa shape index (κ1) is 19.1. The Hall–Kier alpha value is -0.900. The molecule has 0 aromatic carbocycles. The number of likely N-dealkylation sites (N-methyl/N-ethyl adjacent to an activating group) is 1. The standard InChI is InChI=1S/C16H32N2O2/c1-7-9-15(18(5)6)16(20)17-14(11-13(4)19)10-12(3)8-2/h12,14-15H,7-11H2,1-6H3,(H,17,20). The minimum atomic E-state index is -0.105. The van der Waals surface area contributed by atoms with Gasteiger partial charge in [0.05, 0.1) is 6.04 Å². The zero-order valence-electron chi connectivity index (χ0n) is 14.0. The fraction of sp³-hybridized carbons (Fsp3) is 0.875. The Morgan fingerprint density at radius 3 is 2.20 bits per heavy atom. The lowest BCUT2D eigenvalue weighted by atomic mass is 9.95. The molecule has 0 saturated carbocycles. The van der Waals surface area contributed by atoms with E-state index < -0.39 is 0 Å². The van der Waals surface area contributed by atoms with Crippen LogP contribution in [0.2, 0.25) is 0 Å². The minimum Gasteiger partial charge on any atom is -0.352 e. The van der Waals surface area contributed by atoms with Crippen molar-refractivity contribution in [2.24, 2.45) is 5.92 Å². The average Bonchev–Trinajstić information content (AvgIpc) is 2.34. The van der Waals surface area contributed by atoms with E-state index in [0.29, 0.717) is 12.3 Å². The summed E-state index contributed by atoms with van der Waals surface area (Å²) >= 11 is 0. The molecule has 20 heavy (non-hydrogen) atoms. The van der Waals surface area contributed by atoms with Gasteiger partial charge in [-0.15, -0.1) is 0 Å². The molecule has 0 saturated heterocycles. The fourth-order valence-corrected chi connectivity index (χ4v) is 2.39. The maximum atomic E-state index is 12.4. The molecule has 0 fully saturated rings. The summed E-state index contributed by atoms with van der Waals surface area (Å²) in [5.41, 5.74) is 0. The van der Waals surface area contributed by atoms with E-state index in [-0.39, 0.29) is 23.8 Å². The molecule has 0 aromatic rings. The second-order valence-electron chi connectivity index (χ2n) is 6.13. The molecule has 118 valence electrons. The molecule has 1 amide bonds. The van der Waals surface area contributed by atoms with Crippen molar-refractivity contribution >= 4 is 11.7 Å². The number of hydrogen-bond donors (Lipinski definition) is 1. The maximum absolute atomic E-state index is 12.4. The molecular formula is C16H32N2O2. The van der Waals surface area contributed by atoms with E-state index in [1.165, 1.54) is 0 Å². The van der Waals surface area contributed by atoms with Gasteiger partial charge in [0.25, 0.3) is 0 Å². The van der Waals surface area contributed by atoms with Crippen LogP contribution in [0.4, 0.5) is 0 Å². The van der Waals surface area contributed by atoms with Crippen LogP contribution < -0.4 is 5.32 Å². The molecule has 0 bridgehead atoms. The first-order valence-electron chi connectivity index (χ1n) is 7.77. The van der Waals surface area contributed by atoms with E-state index in [2.05, 4.69) is 26.1 Å². The molecule has 3 atom stereocenters. The summed E-state index contributed by atoms with van der Waals surface area (Å²) in [6.45, 7) is 7.97. The molecule has 1 N–H and O–H groups in total. The van der Waals surface area contributed by atoms with E-state index in [1.807, 2.05) is 19.0 Å². The lowest BCUT2D eigenvalue weighted by molar-refractivity contribution is -0.127. The molecule has 0 aromatic heterocycles. The Kier molecular flexibility index (Phi) is 9.47. The summed E-state index contributed by atoms with van der Waals surface area (Å²) in [7, 11) is 3.85. The Morgan fingerprint density at radius 2 is 1.80 bits per heavy atom. The topological polar surface area (TPSA) is 49.4 Å². The first-order chi connectivity index (χ1) is 9.31. The second kappa shape index (κ2) is 9.92. The van der Waals surface area contributed by atoms with Crippen molar-refractivity contribution in [1.82, 2.24) is 10.2 Å². The van der Waals surface area contributed by atoms with Crippen molar-refractivity contribution < 1.29 is 9.59 Å². The quantitative estimate of drug-likeness (QED) is 0.671. The lowest BCUT2D eigenvalue weighted by Crippen LogP contribution is -2.48. The highest BCUT2D eigenvalue weighted by atomic mass is 16.2. The number of hydrogen-bond acceptors (Lipinski definition) is 3. The third-order valence-corrected chi connectivity index (χ3v) is 3.75. The summed E-state index contributed by atoms with van der Waals surface area (Å²) in [5.74, 6) is 0.700. The third kappa shape index (κ3) is 7.63. The van der Waals surface area contributed by atoms with Crippen LogP contribution in [0.5, 0.6) is 0 Å². The maximum Gasteiger partial charge on any atom is 0.237 e. The lowest BCUT2D eigenvalue weighted by Gasteiger charge is -2.27. The summed E-state index contributed by atoms with van der Waals surface area (Å²) in [6, 6.07) is -0.138. The highest BCUT2D eigenvalue weighted by molar-refractivity contribution is 5.83. The molecule has 4 heteroatoms. The van der Waals surface area contributed by atoms with Crippen LogP contribution in [0.1, 0.15) is 59.8 Å². The van der Waals surface area contributed by atoms with Crippen LogP contribution in [0.3, 0.4) is 0 Å². The van der Waals surface area contributed by atoms with Gasteiger partial charge in [0.2, 0.25) is 5.91 Å². The van der Waals surface area contributed by atoms with Gasteiger partial charge in [-0.3, -0.25) is 14.5 Å². The molecule has 0 spiro atoms. The van der Waals surface area contributed by atoms with Gasteiger partial charge in [-0.05, 0) is 39.8 Å². The monoisotopic (exact) mass is 284 g/mol. The van der Waals surface area contributed by atoms with Crippen molar-refractivity contribution in [3.05, 3.63) is 0 Å². The minimum absolute atomic E-state index is 0.0331. The smallest absolute Gasteiger partial charge is 0.237 e. The predicted molar refractivity (Wildman–Crippen MR) is 83.7 cm³/mol. The molecule has 0 aliphatic carbocycles. The van der Waals surface area contributed by atoms with Gasteiger partial charge in [0, 0.05) is 12.5 Å². The normalized spacial score (nSPS) is 15.8. The third-order valence-electron chi connectivity index (χ3n) is 3.75. The molecule has 0 radical (unpaired) electrons. The highest BCUT2D eigenvalue weighted by Gasteiger charge is 2.23. The number of nitrogens with one attached hydrogen (secondary N) is 1. The average molecular weight is 284 g/mol. The van der Waals surface area contributed by atoms with E-state index in [9.17, 15) is 9.59 Å². The van der Waals surface area contributed by atoms with Crippen molar-refractivity contribution in [3.8, 4) is 0 Å². The number of rotatable bonds is 10. The van der Waals surface area contributed by atoms with E-state index in [4.69, 9.17) is 0 Å². The zero-order chi connectivity index (χ0) is 15.7. The molecule has 3 unspecified atom stereocenters. The van der Waals surface area contributed by atoms with Crippen molar-refractivity contribution in [1.29, 1.82) is 0 Å². The van der Waals surface area contributed by atoms with Crippen LogP contribution >= 0.6 is 0 Å². The SMILES string of the molecule is CCCC(C(=O)NC(CC(C)=O)CC(C)CC)N(C)C. The Morgan fingerprint density at radius 1 is 1.20 bits per heavy atom. The summed E-state index contributed by atoms with van der Waals surface area (Å²) < 4.78 is 0. The van der Waals surface area contributed by atoms with Crippen LogP contribution in [-0.2, 0) is 9.59 Å². The number of ketones is 1. The van der Waals surface area contributed by atoms with Crippen LogP contribution in [0, 0.1) is 5.92 Å². The Bertz CT molecular complexity index is 303. The first-order valence-corrected chi connectivity index (χ1v) is 7.77. The molecule has 4 nitrogen and oxygen atoms in total. The Labute approximate surface area is 124 Å². The fourth-order valence-electron chi connectivity index (χ4n) is 2.39. The molecule has 0 heterocycles. The number of Topliss-reactive ketones (excluding diaryl/α,β-unsaturated/α-hetero) is 1. The van der Waals surface area contributed by atoms with E-state index in [1.54, 1.807) is 6.92 Å². The van der Waals surface area contributed by atoms with Gasteiger partial charge in [0.15, 0.2) is 0 Å². The van der Waals surface area contributed by atoms with Crippen molar-refractivity contribution in [2.75, 3.05) is 14.1 Å². The van der Waals surface area contributed by atoms with Gasteiger partial charge in [-0.1, -0.05) is 33.6 Å². The summed E-state index contributed by atoms with van der Waals surface area (Å²) in [4.78, 5) is 25.7. The largest absolute Gasteiger partial charge is 0.352 e. The van der Waals surface area contributed by atoms with Crippen molar-refractivity contribution in [3.63, 3.8) is 0 Å². The molecular weight excluding hydrogens is 252 g/mol. The highest BCUT2D eigenvalue weighted by Crippen LogP contribution is 2.14. The second-order valence-corrected chi connectivity index (χ2v) is 6.13. The molecule has 0 rings (SSSR count). The van der Waals surface area contributed by atoms with Gasteiger partial charge in [-0.2, -0.15) is 0 Å². The molecule has 0 aliphatic heterocycles. The van der Waals surface area contributed by atoms with Gasteiger partial charge in [0.1, 0.15) is 5.78 Å². The molecule has 0 aliphatic rings. The van der Waals surface area contributed by atoms with E-state index >= 15 is 0 Å². The van der Waals surface area contributed by atoms with Gasteiger partial charge in [-0.25, -0.2) is 0 Å². The van der Waals surface area contributed by atoms with Gasteiger partial charge >= 0.3 is 0 Å². The van der Waals surface area contributed by atoms with Crippen LogP contribution in [0.25, 0.3) is 0 Å². The summed E-state index contributed by atoms with van der Waals surface area (Å²) in [5, 5.41) is 3.08. The number of carbonyl (C=O) groups is 2. The van der Waals surface area contributed by atoms with E-state index in [0.717, 1.165) is 25.7 Å². The number of carbonyl (C=O) groups excluding carboxylic acids is 2. The number of amides is 1. The Balaban J connectivity index is 4.67.